The van der Waals surface area contributed by atoms with E-state index in [1.807, 2.05) is 24.3 Å². The molecule has 1 nitrogen and oxygen atoms in total. The van der Waals surface area contributed by atoms with Gasteiger partial charge < -0.3 is 0 Å². The lowest BCUT2D eigenvalue weighted by Gasteiger charge is -1.98. The number of benzene rings is 1. The minimum Gasteiger partial charge on any atom is -0.254 e. The Bertz CT molecular complexity index is 271. The van der Waals surface area contributed by atoms with E-state index >= 15 is 0 Å². The maximum absolute atomic E-state index is 11.4. The van der Waals surface area contributed by atoms with Crippen LogP contribution in [0.3, 0.4) is 0 Å². The number of halogens is 2. The van der Waals surface area contributed by atoms with Gasteiger partial charge in [-0.15, -0.1) is 0 Å². The second-order valence-corrected chi connectivity index (χ2v) is 5.47. The van der Waals surface area contributed by atoms with Crippen molar-refractivity contribution in [2.45, 2.75) is 4.90 Å². The molecule has 66 valence electrons. The summed E-state index contributed by atoms with van der Waals surface area (Å²) in [5.41, 5.74) is 0. The van der Waals surface area contributed by atoms with E-state index in [0.717, 1.165) is 14.7 Å². The molecule has 1 unspecified atom stereocenters. The summed E-state index contributed by atoms with van der Waals surface area (Å²) in [4.78, 5) is 0.887. The van der Waals surface area contributed by atoms with Crippen molar-refractivity contribution in [3.63, 3.8) is 0 Å². The topological polar surface area (TPSA) is 17.1 Å². The predicted molar refractivity (Wildman–Crippen MR) is 59.2 cm³/mol. The monoisotopic (exact) mass is 310 g/mol. The normalized spacial score (nSPS) is 12.8. The van der Waals surface area contributed by atoms with Gasteiger partial charge in [0.1, 0.15) is 0 Å². The molecule has 12 heavy (non-hydrogen) atoms. The molecule has 0 aliphatic rings. The predicted octanol–water partition coefficient (Wildman–Crippen LogP) is 2.95. The molecule has 1 aromatic rings. The lowest BCUT2D eigenvalue weighted by molar-refractivity contribution is 0.684. The van der Waals surface area contributed by atoms with Crippen molar-refractivity contribution in [2.24, 2.45) is 0 Å². The van der Waals surface area contributed by atoms with Gasteiger partial charge in [0, 0.05) is 20.5 Å². The Morgan fingerprint density at radius 1 is 1.25 bits per heavy atom. The number of alkyl halides is 1. The molecule has 0 aromatic heterocycles. The molecule has 0 spiro atoms. The fourth-order valence-corrected chi connectivity index (χ4v) is 2.74. The van der Waals surface area contributed by atoms with Gasteiger partial charge in [0.2, 0.25) is 0 Å². The van der Waals surface area contributed by atoms with E-state index < -0.39 is 10.8 Å². The molecule has 1 aromatic carbocycles. The minimum absolute atomic E-state index is 0.668. The van der Waals surface area contributed by atoms with Crippen molar-refractivity contribution in [1.82, 2.24) is 0 Å². The summed E-state index contributed by atoms with van der Waals surface area (Å²) in [7, 11) is -0.859. The maximum Gasteiger partial charge on any atom is 0.0537 e. The second kappa shape index (κ2) is 5.14. The van der Waals surface area contributed by atoms with Crippen LogP contribution in [0.2, 0.25) is 0 Å². The van der Waals surface area contributed by atoms with Crippen LogP contribution in [0.25, 0.3) is 0 Å². The van der Waals surface area contributed by atoms with Crippen LogP contribution in [-0.2, 0) is 10.8 Å². The Labute approximate surface area is 91.3 Å². The smallest absolute Gasteiger partial charge is 0.0537 e. The zero-order valence-electron chi connectivity index (χ0n) is 6.30. The third-order valence-corrected chi connectivity index (χ3v) is 4.16. The van der Waals surface area contributed by atoms with Gasteiger partial charge in [-0.25, -0.2) is 0 Å². The van der Waals surface area contributed by atoms with E-state index in [9.17, 15) is 4.21 Å². The van der Waals surface area contributed by atoms with Crippen molar-refractivity contribution < 1.29 is 4.21 Å². The highest BCUT2D eigenvalue weighted by molar-refractivity contribution is 9.10. The lowest BCUT2D eigenvalue weighted by Crippen LogP contribution is -1.98. The molecule has 0 aliphatic carbocycles. The summed E-state index contributed by atoms with van der Waals surface area (Å²) in [6, 6.07) is 7.56. The van der Waals surface area contributed by atoms with Gasteiger partial charge in [0.05, 0.1) is 10.8 Å². The van der Waals surface area contributed by atoms with Crippen LogP contribution in [0.5, 0.6) is 0 Å². The molecule has 1 rings (SSSR count). The molecule has 0 saturated carbocycles. The first-order chi connectivity index (χ1) is 5.74. The van der Waals surface area contributed by atoms with Crippen molar-refractivity contribution in [3.05, 3.63) is 28.7 Å². The largest absolute Gasteiger partial charge is 0.254 e. The van der Waals surface area contributed by atoms with Gasteiger partial charge in [0.15, 0.2) is 0 Å². The Morgan fingerprint density at radius 2 is 1.83 bits per heavy atom. The average molecular weight is 312 g/mol. The quantitative estimate of drug-likeness (QED) is 0.784. The van der Waals surface area contributed by atoms with Crippen LogP contribution in [0.1, 0.15) is 0 Å². The van der Waals surface area contributed by atoms with Crippen molar-refractivity contribution >= 4 is 42.7 Å². The molecule has 0 radical (unpaired) electrons. The van der Waals surface area contributed by atoms with E-state index in [0.29, 0.717) is 5.75 Å². The lowest BCUT2D eigenvalue weighted by atomic mass is 10.4. The molecule has 0 N–H and O–H groups in total. The summed E-state index contributed by atoms with van der Waals surface area (Å²) in [5, 5.41) is 0.773. The van der Waals surface area contributed by atoms with Gasteiger partial charge in [-0.1, -0.05) is 31.9 Å². The van der Waals surface area contributed by atoms with Crippen LogP contribution in [0, 0.1) is 0 Å². The molecular weight excluding hydrogens is 304 g/mol. The van der Waals surface area contributed by atoms with Crippen LogP contribution in [0.4, 0.5) is 0 Å². The van der Waals surface area contributed by atoms with Gasteiger partial charge >= 0.3 is 0 Å². The van der Waals surface area contributed by atoms with Crippen molar-refractivity contribution in [1.29, 1.82) is 0 Å². The molecule has 0 aliphatic heterocycles. The van der Waals surface area contributed by atoms with E-state index in [2.05, 4.69) is 31.9 Å². The molecule has 0 fully saturated rings. The van der Waals surface area contributed by atoms with Crippen LogP contribution >= 0.6 is 31.9 Å². The first kappa shape index (κ1) is 10.4. The first-order valence-corrected chi connectivity index (χ1v) is 6.67. The molecule has 0 saturated heterocycles. The Balaban J connectivity index is 2.75. The zero-order chi connectivity index (χ0) is 8.97. The number of rotatable bonds is 3. The van der Waals surface area contributed by atoms with Gasteiger partial charge in [-0.3, -0.25) is 4.21 Å². The third-order valence-electron chi connectivity index (χ3n) is 1.34. The Morgan fingerprint density at radius 3 is 2.33 bits per heavy atom. The minimum atomic E-state index is -0.859. The summed E-state index contributed by atoms with van der Waals surface area (Å²) in [5.74, 6) is 0.668. The van der Waals surface area contributed by atoms with Crippen molar-refractivity contribution in [3.8, 4) is 0 Å². The highest BCUT2D eigenvalue weighted by Crippen LogP contribution is 2.13. The Kier molecular flexibility index (Phi) is 4.46. The summed E-state index contributed by atoms with van der Waals surface area (Å²) < 4.78 is 12.4. The number of hydrogen-bond donors (Lipinski definition) is 0. The molecule has 0 heterocycles. The maximum atomic E-state index is 11.4. The van der Waals surface area contributed by atoms with Crippen LogP contribution in [0.15, 0.2) is 33.6 Å². The molecule has 0 amide bonds. The third kappa shape index (κ3) is 2.99. The van der Waals surface area contributed by atoms with Crippen LogP contribution in [-0.4, -0.2) is 15.3 Å². The van der Waals surface area contributed by atoms with E-state index in [-0.39, 0.29) is 0 Å². The van der Waals surface area contributed by atoms with Crippen molar-refractivity contribution in [2.75, 3.05) is 11.1 Å². The highest BCUT2D eigenvalue weighted by Gasteiger charge is 2.01. The van der Waals surface area contributed by atoms with Crippen LogP contribution < -0.4 is 0 Å². The van der Waals surface area contributed by atoms with Gasteiger partial charge in [-0.2, -0.15) is 0 Å². The fraction of sp³-hybridized carbons (Fsp3) is 0.250. The SMILES string of the molecule is O=S(CCBr)c1ccc(Br)cc1. The standard InChI is InChI=1S/C8H8Br2OS/c9-5-6-12(11)8-3-1-7(10)2-4-8/h1-4H,5-6H2. The van der Waals surface area contributed by atoms with E-state index in [1.165, 1.54) is 0 Å². The summed E-state index contributed by atoms with van der Waals surface area (Å²) in [6.07, 6.45) is 0. The second-order valence-electron chi connectivity index (χ2n) is 2.19. The highest BCUT2D eigenvalue weighted by atomic mass is 79.9. The van der Waals surface area contributed by atoms with Gasteiger partial charge in [-0.05, 0) is 24.3 Å². The number of hydrogen-bond acceptors (Lipinski definition) is 1. The molecule has 0 bridgehead atoms. The molecular formula is C8H8Br2OS. The Hall–Kier alpha value is 0.330. The van der Waals surface area contributed by atoms with E-state index in [4.69, 9.17) is 0 Å². The summed E-state index contributed by atoms with van der Waals surface area (Å²) in [6.45, 7) is 0. The van der Waals surface area contributed by atoms with E-state index in [1.54, 1.807) is 0 Å². The fourth-order valence-electron chi connectivity index (χ4n) is 0.774. The summed E-state index contributed by atoms with van der Waals surface area (Å²) >= 11 is 6.58. The molecule has 4 heteroatoms. The van der Waals surface area contributed by atoms with Gasteiger partial charge in [0.25, 0.3) is 0 Å². The molecule has 1 atom stereocenters. The zero-order valence-corrected chi connectivity index (χ0v) is 10.3. The first-order valence-electron chi connectivity index (χ1n) is 3.44. The average Bonchev–Trinajstić information content (AvgIpc) is 2.06.